The van der Waals surface area contributed by atoms with Gasteiger partial charge in [-0.15, -0.1) is 0 Å². The number of aliphatic hydroxyl groups is 1. The van der Waals surface area contributed by atoms with Gasteiger partial charge in [-0.25, -0.2) is 0 Å². The van der Waals surface area contributed by atoms with Gasteiger partial charge in [-0.2, -0.15) is 0 Å². The average Bonchev–Trinajstić information content (AvgIpc) is 1.80. The molecule has 0 atom stereocenters. The molecule has 0 fully saturated rings. The molecule has 0 unspecified atom stereocenters. The van der Waals surface area contributed by atoms with Crippen molar-refractivity contribution in [2.45, 2.75) is 12.8 Å². The zero-order valence-corrected chi connectivity index (χ0v) is 5.00. The van der Waals surface area contributed by atoms with Crippen LogP contribution in [0.25, 0.3) is 0 Å². The van der Waals surface area contributed by atoms with Crippen molar-refractivity contribution in [3.8, 4) is 0 Å². The van der Waals surface area contributed by atoms with Gasteiger partial charge in [0.25, 0.3) is 6.16 Å². The van der Waals surface area contributed by atoms with Gasteiger partial charge in [0.1, 0.15) is 0 Å². The first kappa shape index (κ1) is 8.23. The van der Waals surface area contributed by atoms with Gasteiger partial charge in [0.15, 0.2) is 0 Å². The normalized spacial score (nSPS) is 9.00. The highest BCUT2D eigenvalue weighted by molar-refractivity contribution is 5.53. The standard InChI is InChI=1S/C5H10O4/c6-3-1-2-4-9-5(7)8/h6H,1-4H2,(H,7,8)/p-1. The molecule has 0 heterocycles. The van der Waals surface area contributed by atoms with E-state index in [4.69, 9.17) is 5.11 Å². The Bertz CT molecular complexity index is 81.0. The van der Waals surface area contributed by atoms with Crippen LogP contribution in [0.2, 0.25) is 0 Å². The highest BCUT2D eigenvalue weighted by Crippen LogP contribution is 1.86. The summed E-state index contributed by atoms with van der Waals surface area (Å²) in [4.78, 5) is 9.57. The number of carboxylic acid groups (broad SMARTS) is 1. The Kier molecular flexibility index (Phi) is 4.91. The molecule has 1 N–H and O–H groups in total. The Balaban J connectivity index is 2.83. The third-order valence-corrected chi connectivity index (χ3v) is 0.772. The number of ether oxygens (including phenoxy) is 1. The van der Waals surface area contributed by atoms with Gasteiger partial charge in [0, 0.05) is 13.2 Å². The maximum atomic E-state index is 9.57. The summed E-state index contributed by atoms with van der Waals surface area (Å²) in [6.45, 7) is 0.180. The molecule has 0 radical (unpaired) electrons. The minimum atomic E-state index is -1.51. The molecule has 0 bridgehead atoms. The molecule has 0 rings (SSSR count). The largest absolute Gasteiger partial charge is 0.550 e. The van der Waals surface area contributed by atoms with E-state index >= 15 is 0 Å². The maximum Gasteiger partial charge on any atom is 0.251 e. The molecule has 0 amide bonds. The Labute approximate surface area is 53.1 Å². The molecule has 0 aromatic heterocycles. The van der Waals surface area contributed by atoms with Crippen LogP contribution < -0.4 is 5.11 Å². The topological polar surface area (TPSA) is 69.6 Å². The number of unbranched alkanes of at least 4 members (excludes halogenated alkanes) is 1. The highest BCUT2D eigenvalue weighted by atomic mass is 16.7. The van der Waals surface area contributed by atoms with Gasteiger partial charge in [0.05, 0.1) is 0 Å². The summed E-state index contributed by atoms with van der Waals surface area (Å²) in [5, 5.41) is 17.8. The van der Waals surface area contributed by atoms with E-state index in [1.54, 1.807) is 0 Å². The Morgan fingerprint density at radius 1 is 1.56 bits per heavy atom. The number of hydrogen-bond donors (Lipinski definition) is 1. The van der Waals surface area contributed by atoms with E-state index in [1.807, 2.05) is 0 Å². The second kappa shape index (κ2) is 5.37. The van der Waals surface area contributed by atoms with Crippen LogP contribution >= 0.6 is 0 Å². The van der Waals surface area contributed by atoms with Crippen molar-refractivity contribution in [1.82, 2.24) is 0 Å². The molecule has 0 spiro atoms. The van der Waals surface area contributed by atoms with Crippen LogP contribution in [0.3, 0.4) is 0 Å². The smallest absolute Gasteiger partial charge is 0.251 e. The summed E-state index contributed by atoms with van der Waals surface area (Å²) in [6.07, 6.45) is -0.398. The van der Waals surface area contributed by atoms with Gasteiger partial charge in [-0.3, -0.25) is 0 Å². The van der Waals surface area contributed by atoms with Crippen LogP contribution in [0, 0.1) is 0 Å². The summed E-state index contributed by atoms with van der Waals surface area (Å²) >= 11 is 0. The van der Waals surface area contributed by atoms with E-state index in [2.05, 4.69) is 4.74 Å². The highest BCUT2D eigenvalue weighted by Gasteiger charge is 1.84. The zero-order chi connectivity index (χ0) is 7.11. The van der Waals surface area contributed by atoms with Crippen molar-refractivity contribution in [3.05, 3.63) is 0 Å². The second-order valence-electron chi connectivity index (χ2n) is 1.53. The van der Waals surface area contributed by atoms with Crippen molar-refractivity contribution in [1.29, 1.82) is 0 Å². The monoisotopic (exact) mass is 133 g/mol. The van der Waals surface area contributed by atoms with Crippen LogP contribution in [0.5, 0.6) is 0 Å². The molecule has 0 aromatic rings. The van der Waals surface area contributed by atoms with E-state index in [9.17, 15) is 9.90 Å². The second-order valence-corrected chi connectivity index (χ2v) is 1.53. The lowest BCUT2D eigenvalue weighted by atomic mass is 10.3. The zero-order valence-electron chi connectivity index (χ0n) is 5.00. The third kappa shape index (κ3) is 7.23. The number of carbonyl (C=O) groups excluding carboxylic acids is 1. The van der Waals surface area contributed by atoms with Gasteiger partial charge >= 0.3 is 0 Å². The first-order chi connectivity index (χ1) is 4.27. The molecule has 0 saturated carbocycles. The number of rotatable bonds is 4. The fourth-order valence-corrected chi connectivity index (χ4v) is 0.369. The van der Waals surface area contributed by atoms with Gasteiger partial charge < -0.3 is 19.7 Å². The van der Waals surface area contributed by atoms with Crippen molar-refractivity contribution < 1.29 is 19.7 Å². The van der Waals surface area contributed by atoms with Crippen molar-refractivity contribution in [2.75, 3.05) is 13.2 Å². The lowest BCUT2D eigenvalue weighted by Crippen LogP contribution is -2.23. The maximum absolute atomic E-state index is 9.57. The fraction of sp³-hybridized carbons (Fsp3) is 0.800. The van der Waals surface area contributed by atoms with Crippen LogP contribution in [0.4, 0.5) is 4.79 Å². The van der Waals surface area contributed by atoms with E-state index in [0.29, 0.717) is 12.8 Å². The van der Waals surface area contributed by atoms with Gasteiger partial charge in [-0.1, -0.05) is 0 Å². The van der Waals surface area contributed by atoms with Crippen molar-refractivity contribution >= 4 is 6.16 Å². The molecule has 0 saturated heterocycles. The lowest BCUT2D eigenvalue weighted by molar-refractivity contribution is -0.282. The summed E-state index contributed by atoms with van der Waals surface area (Å²) < 4.78 is 4.04. The number of carbonyl (C=O) groups is 1. The van der Waals surface area contributed by atoms with Crippen molar-refractivity contribution in [3.63, 3.8) is 0 Å². The van der Waals surface area contributed by atoms with E-state index < -0.39 is 6.16 Å². The molecule has 0 aromatic carbocycles. The minimum Gasteiger partial charge on any atom is -0.550 e. The molecule has 0 aliphatic heterocycles. The molecule has 4 heteroatoms. The number of hydrogen-bond acceptors (Lipinski definition) is 4. The summed E-state index contributed by atoms with van der Waals surface area (Å²) in [7, 11) is 0. The van der Waals surface area contributed by atoms with Crippen LogP contribution in [0.15, 0.2) is 0 Å². The molecular weight excluding hydrogens is 124 g/mol. The van der Waals surface area contributed by atoms with Crippen LogP contribution in [0.1, 0.15) is 12.8 Å². The van der Waals surface area contributed by atoms with E-state index in [-0.39, 0.29) is 13.2 Å². The SMILES string of the molecule is O=C([O-])OCCCCO. The van der Waals surface area contributed by atoms with Gasteiger partial charge in [-0.05, 0) is 12.8 Å². The predicted molar refractivity (Wildman–Crippen MR) is 27.7 cm³/mol. The third-order valence-electron chi connectivity index (χ3n) is 0.772. The average molecular weight is 133 g/mol. The molecular formula is C5H9O4-. The summed E-state index contributed by atoms with van der Waals surface area (Å²) in [5.74, 6) is 0. The molecule has 0 aliphatic rings. The van der Waals surface area contributed by atoms with E-state index in [0.717, 1.165) is 0 Å². The molecule has 0 aliphatic carbocycles. The number of aliphatic hydroxyl groups excluding tert-OH is 1. The Hall–Kier alpha value is -0.770. The van der Waals surface area contributed by atoms with Crippen LogP contribution in [-0.2, 0) is 4.74 Å². The van der Waals surface area contributed by atoms with Crippen molar-refractivity contribution in [2.24, 2.45) is 0 Å². The fourth-order valence-electron chi connectivity index (χ4n) is 0.369. The van der Waals surface area contributed by atoms with Crippen LogP contribution in [-0.4, -0.2) is 24.5 Å². The molecule has 54 valence electrons. The van der Waals surface area contributed by atoms with E-state index in [1.165, 1.54) is 0 Å². The summed E-state index contributed by atoms with van der Waals surface area (Å²) in [5.41, 5.74) is 0. The predicted octanol–water partition coefficient (Wildman–Crippen LogP) is -0.881. The molecule has 4 nitrogen and oxygen atoms in total. The minimum absolute atomic E-state index is 0.0659. The first-order valence-corrected chi connectivity index (χ1v) is 2.72. The lowest BCUT2D eigenvalue weighted by Gasteiger charge is -2.05. The Morgan fingerprint density at radius 3 is 2.67 bits per heavy atom. The first-order valence-electron chi connectivity index (χ1n) is 2.72. The molecule has 9 heavy (non-hydrogen) atoms. The van der Waals surface area contributed by atoms with Gasteiger partial charge in [0.2, 0.25) is 0 Å². The quantitative estimate of drug-likeness (QED) is 0.399. The Morgan fingerprint density at radius 2 is 2.22 bits per heavy atom. The summed E-state index contributed by atoms with van der Waals surface area (Å²) in [6, 6.07) is 0.